The highest BCUT2D eigenvalue weighted by molar-refractivity contribution is 6.33. The number of aryl methyl sites for hydroxylation is 1. The van der Waals surface area contributed by atoms with Gasteiger partial charge in [-0.2, -0.15) is 0 Å². The minimum atomic E-state index is 0.822. The molecule has 14 heavy (non-hydrogen) atoms. The molecule has 0 aliphatic carbocycles. The number of nitrogens with zero attached hydrogens (tertiary/aromatic N) is 1. The van der Waals surface area contributed by atoms with E-state index < -0.39 is 0 Å². The van der Waals surface area contributed by atoms with Crippen LogP contribution in [0.15, 0.2) is 12.1 Å². The Balaban J connectivity index is 2.45. The third-order valence-corrected chi connectivity index (χ3v) is 2.90. The van der Waals surface area contributed by atoms with E-state index in [9.17, 15) is 0 Å². The van der Waals surface area contributed by atoms with E-state index in [4.69, 9.17) is 11.6 Å². The molecule has 1 heterocycles. The van der Waals surface area contributed by atoms with Gasteiger partial charge in [-0.05, 0) is 30.5 Å². The second-order valence-electron chi connectivity index (χ2n) is 3.89. The molecule has 2 rings (SSSR count). The lowest BCUT2D eigenvalue weighted by atomic mass is 10.0. The fourth-order valence-corrected chi connectivity index (χ4v) is 2.15. The Morgan fingerprint density at radius 1 is 1.36 bits per heavy atom. The first-order valence-corrected chi connectivity index (χ1v) is 5.30. The molecule has 1 aliphatic rings. The minimum Gasteiger partial charge on any atom is -0.385 e. The average Bonchev–Trinajstić information content (AvgIpc) is 2.16. The van der Waals surface area contributed by atoms with Crippen molar-refractivity contribution in [3.05, 3.63) is 22.7 Å². The zero-order chi connectivity index (χ0) is 10.1. The molecular weight excluding hydrogens is 196 g/mol. The maximum atomic E-state index is 6.17. The maximum absolute atomic E-state index is 6.17. The second kappa shape index (κ2) is 3.70. The van der Waals surface area contributed by atoms with Crippen LogP contribution >= 0.6 is 11.6 Å². The molecule has 76 valence electrons. The highest BCUT2D eigenvalue weighted by Gasteiger charge is 2.12. The van der Waals surface area contributed by atoms with E-state index in [1.165, 1.54) is 17.7 Å². The van der Waals surface area contributed by atoms with Crippen LogP contribution in [0.3, 0.4) is 0 Å². The quantitative estimate of drug-likeness (QED) is 0.767. The fourth-order valence-electron chi connectivity index (χ4n) is 1.82. The van der Waals surface area contributed by atoms with E-state index in [-0.39, 0.29) is 0 Å². The van der Waals surface area contributed by atoms with Crippen molar-refractivity contribution < 1.29 is 0 Å². The first-order valence-electron chi connectivity index (χ1n) is 4.92. The van der Waals surface area contributed by atoms with Gasteiger partial charge in [0.05, 0.1) is 10.7 Å². The van der Waals surface area contributed by atoms with Crippen molar-refractivity contribution in [2.24, 2.45) is 0 Å². The SMILES string of the molecule is CN(C)c1cc2c(cc1Cl)NCCC2. The van der Waals surface area contributed by atoms with Crippen LogP contribution in [0, 0.1) is 0 Å². The van der Waals surface area contributed by atoms with Crippen molar-refractivity contribution in [2.45, 2.75) is 12.8 Å². The summed E-state index contributed by atoms with van der Waals surface area (Å²) in [7, 11) is 4.04. The lowest BCUT2D eigenvalue weighted by Crippen LogP contribution is -2.14. The number of rotatable bonds is 1. The van der Waals surface area contributed by atoms with Gasteiger partial charge in [-0.3, -0.25) is 0 Å². The zero-order valence-corrected chi connectivity index (χ0v) is 9.36. The number of anilines is 2. The number of fused-ring (bicyclic) bond motifs is 1. The van der Waals surface area contributed by atoms with Crippen molar-refractivity contribution in [3.8, 4) is 0 Å². The third kappa shape index (κ3) is 1.67. The monoisotopic (exact) mass is 210 g/mol. The Morgan fingerprint density at radius 3 is 2.86 bits per heavy atom. The lowest BCUT2D eigenvalue weighted by Gasteiger charge is -2.22. The van der Waals surface area contributed by atoms with Crippen molar-refractivity contribution in [1.29, 1.82) is 0 Å². The highest BCUT2D eigenvalue weighted by Crippen LogP contribution is 2.33. The Labute approximate surface area is 89.9 Å². The largest absolute Gasteiger partial charge is 0.385 e. The van der Waals surface area contributed by atoms with Crippen LogP contribution in [0.4, 0.5) is 11.4 Å². The molecule has 0 saturated carbocycles. The first-order chi connectivity index (χ1) is 6.68. The molecule has 1 aromatic carbocycles. The third-order valence-electron chi connectivity index (χ3n) is 2.59. The molecule has 0 aromatic heterocycles. The van der Waals surface area contributed by atoms with E-state index >= 15 is 0 Å². The van der Waals surface area contributed by atoms with Crippen LogP contribution in [0.5, 0.6) is 0 Å². The predicted octanol–water partition coefficient (Wildman–Crippen LogP) is 2.76. The van der Waals surface area contributed by atoms with Crippen LogP contribution in [-0.2, 0) is 6.42 Å². The number of hydrogen-bond donors (Lipinski definition) is 1. The van der Waals surface area contributed by atoms with Crippen molar-refractivity contribution in [1.82, 2.24) is 0 Å². The van der Waals surface area contributed by atoms with Crippen molar-refractivity contribution >= 4 is 23.0 Å². The number of halogens is 1. The molecule has 2 nitrogen and oxygen atoms in total. The van der Waals surface area contributed by atoms with Gasteiger partial charge < -0.3 is 10.2 Å². The van der Waals surface area contributed by atoms with Gasteiger partial charge in [0.15, 0.2) is 0 Å². The molecule has 0 bridgehead atoms. The summed E-state index contributed by atoms with van der Waals surface area (Å²) in [5.74, 6) is 0. The molecule has 0 saturated heterocycles. The molecule has 0 fully saturated rings. The van der Waals surface area contributed by atoms with E-state index in [1.807, 2.05) is 20.2 Å². The van der Waals surface area contributed by atoms with Crippen molar-refractivity contribution in [3.63, 3.8) is 0 Å². The normalized spacial score (nSPS) is 14.5. The molecule has 1 aliphatic heterocycles. The summed E-state index contributed by atoms with van der Waals surface area (Å²) in [5, 5.41) is 4.19. The Kier molecular flexibility index (Phi) is 2.55. The van der Waals surface area contributed by atoms with Gasteiger partial charge in [0, 0.05) is 26.3 Å². The Morgan fingerprint density at radius 2 is 2.14 bits per heavy atom. The van der Waals surface area contributed by atoms with Gasteiger partial charge in [0.2, 0.25) is 0 Å². The molecule has 0 atom stereocenters. The van der Waals surface area contributed by atoms with E-state index in [0.717, 1.165) is 23.7 Å². The van der Waals surface area contributed by atoms with Gasteiger partial charge in [-0.1, -0.05) is 11.6 Å². The molecule has 0 radical (unpaired) electrons. The van der Waals surface area contributed by atoms with E-state index in [0.29, 0.717) is 0 Å². The predicted molar refractivity (Wildman–Crippen MR) is 62.6 cm³/mol. The summed E-state index contributed by atoms with van der Waals surface area (Å²) in [4.78, 5) is 2.05. The van der Waals surface area contributed by atoms with Crippen LogP contribution < -0.4 is 10.2 Å². The number of benzene rings is 1. The molecule has 1 N–H and O–H groups in total. The molecule has 1 aromatic rings. The number of nitrogens with one attached hydrogen (secondary N) is 1. The van der Waals surface area contributed by atoms with Crippen LogP contribution in [0.1, 0.15) is 12.0 Å². The second-order valence-corrected chi connectivity index (χ2v) is 4.29. The summed E-state index contributed by atoms with van der Waals surface area (Å²) in [6.45, 7) is 1.06. The van der Waals surface area contributed by atoms with E-state index in [1.54, 1.807) is 0 Å². The Hall–Kier alpha value is -0.890. The highest BCUT2D eigenvalue weighted by atomic mass is 35.5. The fraction of sp³-hybridized carbons (Fsp3) is 0.455. The molecule has 3 heteroatoms. The summed E-state index contributed by atoms with van der Waals surface area (Å²) in [5.41, 5.74) is 3.69. The number of hydrogen-bond acceptors (Lipinski definition) is 2. The van der Waals surface area contributed by atoms with Gasteiger partial charge in [0.1, 0.15) is 0 Å². The molecule has 0 unspecified atom stereocenters. The van der Waals surface area contributed by atoms with E-state index in [2.05, 4.69) is 16.3 Å². The molecule has 0 amide bonds. The minimum absolute atomic E-state index is 0.822. The van der Waals surface area contributed by atoms with Gasteiger partial charge in [-0.15, -0.1) is 0 Å². The standard InChI is InChI=1S/C11H15ClN2/c1-14(2)11-6-8-4-3-5-13-10(8)7-9(11)12/h6-7,13H,3-5H2,1-2H3. The van der Waals surface area contributed by atoms with Gasteiger partial charge in [-0.25, -0.2) is 0 Å². The van der Waals surface area contributed by atoms with Crippen LogP contribution in [0.2, 0.25) is 5.02 Å². The lowest BCUT2D eigenvalue weighted by molar-refractivity contribution is 0.829. The molecular formula is C11H15ClN2. The van der Waals surface area contributed by atoms with Gasteiger partial charge in [0.25, 0.3) is 0 Å². The van der Waals surface area contributed by atoms with Gasteiger partial charge >= 0.3 is 0 Å². The van der Waals surface area contributed by atoms with Crippen LogP contribution in [0.25, 0.3) is 0 Å². The summed E-state index contributed by atoms with van der Waals surface area (Å²) in [6.07, 6.45) is 2.36. The summed E-state index contributed by atoms with van der Waals surface area (Å²) >= 11 is 6.17. The van der Waals surface area contributed by atoms with Crippen molar-refractivity contribution in [2.75, 3.05) is 30.9 Å². The average molecular weight is 211 g/mol. The maximum Gasteiger partial charge on any atom is 0.0660 e. The first kappa shape index (κ1) is 9.66. The Bertz CT molecular complexity index is 347. The summed E-state index contributed by atoms with van der Waals surface area (Å²) in [6, 6.07) is 4.22. The topological polar surface area (TPSA) is 15.3 Å². The smallest absolute Gasteiger partial charge is 0.0660 e. The zero-order valence-electron chi connectivity index (χ0n) is 8.60. The van der Waals surface area contributed by atoms with Crippen LogP contribution in [-0.4, -0.2) is 20.6 Å². The summed E-state index contributed by atoms with van der Waals surface area (Å²) < 4.78 is 0. The molecule has 0 spiro atoms.